The zero-order valence-corrected chi connectivity index (χ0v) is 32.4. The van der Waals surface area contributed by atoms with Crippen molar-refractivity contribution in [2.75, 3.05) is 82.7 Å². The number of likely N-dealkylation sites (tertiary alicyclic amines) is 1. The van der Waals surface area contributed by atoms with Crippen LogP contribution >= 0.6 is 26.9 Å². The number of piperidine rings is 1. The van der Waals surface area contributed by atoms with Crippen molar-refractivity contribution in [1.82, 2.24) is 23.6 Å². The number of allylic oxidation sites excluding steroid dienone is 3. The van der Waals surface area contributed by atoms with Gasteiger partial charge in [-0.2, -0.15) is 0 Å². The van der Waals surface area contributed by atoms with Crippen LogP contribution in [0, 0.1) is 0 Å². The zero-order chi connectivity index (χ0) is 36.4. The molecular weight excluding hydrogens is 694 g/mol. The molecule has 0 spiro atoms. The van der Waals surface area contributed by atoms with Gasteiger partial charge in [0.15, 0.2) is 12.4 Å². The number of amides is 1. The number of nitrogens with zero attached hydrogens (tertiary/aromatic N) is 6. The molecule has 14 nitrogen and oxygen atoms in total. The SMILES string of the molecule is CN(C)P(=O)(Oc1cc(OP(=O)(N(C)C)N(C)C)c2c(c1Cl)CC(=N/OCC(=O)N1CCCCC1)/C=C/CC/C=C/CCOC2=O)N(C)C. The van der Waals surface area contributed by atoms with Crippen molar-refractivity contribution < 1.29 is 37.3 Å². The highest BCUT2D eigenvalue weighted by atomic mass is 35.5. The Labute approximate surface area is 295 Å². The molecule has 1 fully saturated rings. The molecule has 0 radical (unpaired) electrons. The van der Waals surface area contributed by atoms with E-state index in [1.807, 2.05) is 18.2 Å². The van der Waals surface area contributed by atoms with Gasteiger partial charge in [-0.3, -0.25) is 4.79 Å². The number of ether oxygens (including phenoxy) is 1. The van der Waals surface area contributed by atoms with Gasteiger partial charge in [-0.05, 0) is 107 Å². The normalized spacial score (nSPS) is 19.1. The van der Waals surface area contributed by atoms with E-state index in [4.69, 9.17) is 30.2 Å². The van der Waals surface area contributed by atoms with Gasteiger partial charge in [-0.25, -0.2) is 32.6 Å². The van der Waals surface area contributed by atoms with Crippen LogP contribution in [0.5, 0.6) is 11.5 Å². The van der Waals surface area contributed by atoms with Crippen LogP contribution in [0.15, 0.2) is 35.5 Å². The maximum atomic E-state index is 14.2. The third kappa shape index (κ3) is 10.7. The van der Waals surface area contributed by atoms with Crippen LogP contribution in [0.4, 0.5) is 0 Å². The summed E-state index contributed by atoms with van der Waals surface area (Å²) in [4.78, 5) is 34.1. The molecule has 0 saturated carbocycles. The van der Waals surface area contributed by atoms with Gasteiger partial charge >= 0.3 is 21.3 Å². The first-order valence-electron chi connectivity index (χ1n) is 16.2. The number of oxime groups is 1. The van der Waals surface area contributed by atoms with Crippen molar-refractivity contribution in [3.8, 4) is 11.5 Å². The van der Waals surface area contributed by atoms with E-state index >= 15 is 0 Å². The number of carbonyl (C=O) groups excluding carboxylic acids is 2. The van der Waals surface area contributed by atoms with E-state index < -0.39 is 21.3 Å². The Morgan fingerprint density at radius 2 is 1.41 bits per heavy atom. The summed E-state index contributed by atoms with van der Waals surface area (Å²) in [7, 11) is 5.29. The molecule has 1 amide bonds. The lowest BCUT2D eigenvalue weighted by Crippen LogP contribution is -2.37. The van der Waals surface area contributed by atoms with Gasteiger partial charge in [-0.1, -0.05) is 35.0 Å². The lowest BCUT2D eigenvalue weighted by Gasteiger charge is -2.32. The Morgan fingerprint density at radius 3 is 2.00 bits per heavy atom. The quantitative estimate of drug-likeness (QED) is 0.115. The van der Waals surface area contributed by atoms with Gasteiger partial charge < -0.3 is 23.5 Å². The predicted molar refractivity (Wildman–Crippen MR) is 193 cm³/mol. The van der Waals surface area contributed by atoms with Crippen LogP contribution in [0.3, 0.4) is 0 Å². The molecule has 0 unspecified atom stereocenters. The van der Waals surface area contributed by atoms with E-state index in [0.29, 0.717) is 31.6 Å². The summed E-state index contributed by atoms with van der Waals surface area (Å²) >= 11 is 7.05. The van der Waals surface area contributed by atoms with E-state index in [1.54, 1.807) is 67.4 Å². The van der Waals surface area contributed by atoms with Crippen LogP contribution in [-0.4, -0.2) is 124 Å². The molecule has 49 heavy (non-hydrogen) atoms. The summed E-state index contributed by atoms with van der Waals surface area (Å²) < 4.78 is 51.9. The second kappa shape index (κ2) is 18.5. The Balaban J connectivity index is 2.24. The lowest BCUT2D eigenvalue weighted by atomic mass is 9.99. The summed E-state index contributed by atoms with van der Waals surface area (Å²) in [6.45, 7) is 1.16. The number of esters is 1. The number of benzene rings is 1. The molecule has 1 aromatic carbocycles. The zero-order valence-electron chi connectivity index (χ0n) is 29.9. The third-order valence-corrected chi connectivity index (χ3v) is 13.2. The van der Waals surface area contributed by atoms with Gasteiger partial charge in [0.2, 0.25) is 0 Å². The molecule has 0 aromatic heterocycles. The van der Waals surface area contributed by atoms with Gasteiger partial charge in [-0.15, -0.1) is 0 Å². The minimum atomic E-state index is -3.76. The number of halogens is 1. The number of rotatable bonds is 11. The van der Waals surface area contributed by atoms with E-state index in [-0.39, 0.29) is 53.2 Å². The molecule has 0 N–H and O–H groups in total. The Hall–Kier alpha value is -2.70. The Morgan fingerprint density at radius 1 is 0.857 bits per heavy atom. The molecule has 17 heteroatoms. The second-order valence-electron chi connectivity index (χ2n) is 12.4. The summed E-state index contributed by atoms with van der Waals surface area (Å²) in [5.74, 6) is -1.17. The smallest absolute Gasteiger partial charge is 0.394 e. The fourth-order valence-corrected chi connectivity index (χ4v) is 8.33. The molecule has 3 rings (SSSR count). The van der Waals surface area contributed by atoms with E-state index in [1.165, 1.54) is 24.7 Å². The fraction of sp³-hybridized carbons (Fsp3) is 0.594. The Bertz CT molecular complexity index is 1480. The summed E-state index contributed by atoms with van der Waals surface area (Å²) in [6.07, 6.45) is 12.3. The van der Waals surface area contributed by atoms with Crippen molar-refractivity contribution >= 4 is 44.5 Å². The van der Waals surface area contributed by atoms with Crippen molar-refractivity contribution in [2.24, 2.45) is 5.16 Å². The third-order valence-electron chi connectivity index (χ3n) is 7.88. The number of carbonyl (C=O) groups is 2. The fourth-order valence-electron chi connectivity index (χ4n) is 5.14. The first-order valence-corrected chi connectivity index (χ1v) is 19.7. The van der Waals surface area contributed by atoms with E-state index in [0.717, 1.165) is 25.7 Å². The molecule has 2 aliphatic heterocycles. The molecule has 2 heterocycles. The molecule has 1 aromatic rings. The first-order chi connectivity index (χ1) is 23.1. The van der Waals surface area contributed by atoms with Gasteiger partial charge in [0.25, 0.3) is 5.91 Å². The highest BCUT2D eigenvalue weighted by molar-refractivity contribution is 7.54. The average molecular weight is 745 g/mol. The van der Waals surface area contributed by atoms with E-state index in [2.05, 4.69) is 5.16 Å². The minimum Gasteiger partial charge on any atom is -0.462 e. The first kappa shape index (κ1) is 40.7. The topological polar surface area (TPSA) is 134 Å². The van der Waals surface area contributed by atoms with Crippen molar-refractivity contribution in [1.29, 1.82) is 0 Å². The molecule has 274 valence electrons. The maximum Gasteiger partial charge on any atom is 0.394 e. The van der Waals surface area contributed by atoms with Crippen LogP contribution in [0.1, 0.15) is 54.4 Å². The highest BCUT2D eigenvalue weighted by Crippen LogP contribution is 2.56. The monoisotopic (exact) mass is 744 g/mol. The average Bonchev–Trinajstić information content (AvgIpc) is 3.05. The molecule has 2 aliphatic rings. The molecule has 0 atom stereocenters. The molecular formula is C32H51ClN6O8P2. The minimum absolute atomic E-state index is 0.0507. The van der Waals surface area contributed by atoms with Crippen LogP contribution in [0.2, 0.25) is 5.02 Å². The van der Waals surface area contributed by atoms with Gasteiger partial charge in [0, 0.05) is 25.6 Å². The largest absolute Gasteiger partial charge is 0.462 e. The van der Waals surface area contributed by atoms with Gasteiger partial charge in [0.05, 0.1) is 17.3 Å². The van der Waals surface area contributed by atoms with E-state index in [9.17, 15) is 18.7 Å². The number of cyclic esters (lactones) is 1. The van der Waals surface area contributed by atoms with Crippen molar-refractivity contribution in [3.05, 3.63) is 46.5 Å². The Kier molecular flexibility index (Phi) is 15.4. The highest BCUT2D eigenvalue weighted by Gasteiger charge is 2.38. The second-order valence-corrected chi connectivity index (χ2v) is 18.3. The number of hydrogen-bond donors (Lipinski definition) is 0. The maximum absolute atomic E-state index is 14.2. The summed E-state index contributed by atoms with van der Waals surface area (Å²) in [5, 5.41) is 4.25. The van der Waals surface area contributed by atoms with Crippen LogP contribution in [-0.2, 0) is 29.9 Å². The molecule has 0 aliphatic carbocycles. The lowest BCUT2D eigenvalue weighted by molar-refractivity contribution is -0.137. The predicted octanol–water partition coefficient (Wildman–Crippen LogP) is 5.94. The molecule has 1 saturated heterocycles. The summed E-state index contributed by atoms with van der Waals surface area (Å²) in [6, 6.07) is 1.31. The van der Waals surface area contributed by atoms with Crippen LogP contribution < -0.4 is 9.05 Å². The van der Waals surface area contributed by atoms with Crippen molar-refractivity contribution in [3.63, 3.8) is 0 Å². The van der Waals surface area contributed by atoms with Crippen LogP contribution in [0.25, 0.3) is 0 Å². The van der Waals surface area contributed by atoms with Gasteiger partial charge in [0.1, 0.15) is 11.3 Å². The molecule has 0 bridgehead atoms. The van der Waals surface area contributed by atoms with Crippen molar-refractivity contribution in [2.45, 2.75) is 44.9 Å². The summed E-state index contributed by atoms with van der Waals surface area (Å²) in [5.41, 5.74) is 0.393. The number of hydrogen-bond acceptors (Lipinski definition) is 9. The standard InChI is InChI=1S/C32H51ClN6O8P2/c1-35(2)48(42,36(3)4)46-27-23-28(47-49(43,37(5)6)38(7)8)31(33)26-22-25(34-45-24-29(40)39-19-15-13-16-20-39)18-14-11-9-10-12-17-21-44-32(41)30(26)27/h10,12,14,18,23H,9,11,13,15-17,19-22,24H2,1-8H3/b12-10+,18-14+,34-25+. The number of fused-ring (bicyclic) bond motifs is 1.